The van der Waals surface area contributed by atoms with E-state index in [9.17, 15) is 4.79 Å². The summed E-state index contributed by atoms with van der Waals surface area (Å²) in [4.78, 5) is 11.5. The molecule has 0 N–H and O–H groups in total. The Morgan fingerprint density at radius 1 is 1.22 bits per heavy atom. The quantitative estimate of drug-likeness (QED) is 0.689. The molecule has 0 bridgehead atoms. The van der Waals surface area contributed by atoms with Crippen molar-refractivity contribution in [3.8, 4) is 21.3 Å². The lowest BCUT2D eigenvalue weighted by molar-refractivity contribution is -0.141. The van der Waals surface area contributed by atoms with Gasteiger partial charge in [0.1, 0.15) is 11.6 Å². The second-order valence-corrected chi connectivity index (χ2v) is 6.16. The first-order chi connectivity index (χ1) is 11.1. The Bertz CT molecular complexity index is 853. The monoisotopic (exact) mass is 328 g/mol. The molecular formula is C16H16N4O2S. The third-order valence-electron chi connectivity index (χ3n) is 3.32. The van der Waals surface area contributed by atoms with Crippen LogP contribution >= 0.6 is 11.3 Å². The molecule has 7 heteroatoms. The Kier molecular flexibility index (Phi) is 4.20. The highest BCUT2D eigenvalue weighted by molar-refractivity contribution is 7.17. The van der Waals surface area contributed by atoms with Crippen LogP contribution in [-0.4, -0.2) is 33.1 Å². The van der Waals surface area contributed by atoms with Gasteiger partial charge in [-0.2, -0.15) is 5.10 Å². The highest BCUT2D eigenvalue weighted by atomic mass is 32.1. The molecule has 3 aromatic rings. The van der Waals surface area contributed by atoms with Crippen molar-refractivity contribution in [2.45, 2.75) is 20.4 Å². The van der Waals surface area contributed by atoms with E-state index in [0.29, 0.717) is 0 Å². The average Bonchev–Trinajstić information content (AvgIpc) is 3.14. The minimum Gasteiger partial charge on any atom is -0.468 e. The molecule has 0 radical (unpaired) electrons. The van der Waals surface area contributed by atoms with Crippen molar-refractivity contribution in [3.63, 3.8) is 0 Å². The molecule has 1 aromatic carbocycles. The van der Waals surface area contributed by atoms with Crippen LogP contribution in [0.15, 0.2) is 30.3 Å². The van der Waals surface area contributed by atoms with Gasteiger partial charge in [-0.3, -0.25) is 9.48 Å². The van der Waals surface area contributed by atoms with E-state index in [1.54, 1.807) is 4.68 Å². The topological polar surface area (TPSA) is 69.9 Å². The van der Waals surface area contributed by atoms with E-state index in [-0.39, 0.29) is 12.5 Å². The third-order valence-corrected chi connectivity index (χ3v) is 4.31. The molecule has 0 atom stereocenters. The van der Waals surface area contributed by atoms with Crippen molar-refractivity contribution in [3.05, 3.63) is 41.6 Å². The maximum absolute atomic E-state index is 11.5. The summed E-state index contributed by atoms with van der Waals surface area (Å²) in [5.74, 6) is -0.349. The summed E-state index contributed by atoms with van der Waals surface area (Å²) in [6.45, 7) is 3.97. The lowest BCUT2D eigenvalue weighted by Crippen LogP contribution is -2.13. The fourth-order valence-electron chi connectivity index (χ4n) is 2.25. The number of ether oxygens (including phenoxy) is 1. The number of aryl methyl sites for hydroxylation is 2. The molecule has 2 heterocycles. The molecule has 23 heavy (non-hydrogen) atoms. The van der Waals surface area contributed by atoms with E-state index in [1.165, 1.54) is 24.0 Å². The molecule has 0 fully saturated rings. The van der Waals surface area contributed by atoms with Crippen molar-refractivity contribution in [1.82, 2.24) is 20.0 Å². The summed E-state index contributed by atoms with van der Waals surface area (Å²) in [5.41, 5.74) is 3.79. The van der Waals surface area contributed by atoms with Gasteiger partial charge in [-0.15, -0.1) is 10.2 Å². The number of methoxy groups -OCH3 is 1. The molecular weight excluding hydrogens is 312 g/mol. The van der Waals surface area contributed by atoms with Gasteiger partial charge >= 0.3 is 5.97 Å². The predicted molar refractivity (Wildman–Crippen MR) is 88.1 cm³/mol. The number of esters is 1. The number of rotatable bonds is 4. The number of aromatic nitrogens is 4. The Morgan fingerprint density at radius 2 is 2.00 bits per heavy atom. The standard InChI is InChI=1S/C16H16N4O2S/c1-10-5-4-6-12(7-10)15-17-18-16(23-15)13-8-11(2)19-20(13)9-14(21)22-3/h4-8H,9H2,1-3H3. The van der Waals surface area contributed by atoms with Crippen molar-refractivity contribution in [2.24, 2.45) is 0 Å². The molecule has 2 aromatic heterocycles. The number of nitrogens with zero attached hydrogens (tertiary/aromatic N) is 4. The first-order valence-corrected chi connectivity index (χ1v) is 7.90. The molecule has 0 spiro atoms. The molecule has 0 aliphatic rings. The van der Waals surface area contributed by atoms with Gasteiger partial charge in [-0.1, -0.05) is 35.1 Å². The molecule has 0 saturated heterocycles. The smallest absolute Gasteiger partial charge is 0.327 e. The van der Waals surface area contributed by atoms with Crippen molar-refractivity contribution in [2.75, 3.05) is 7.11 Å². The second kappa shape index (κ2) is 6.29. The van der Waals surface area contributed by atoms with Gasteiger partial charge in [0, 0.05) is 5.56 Å². The number of benzene rings is 1. The van der Waals surface area contributed by atoms with E-state index >= 15 is 0 Å². The van der Waals surface area contributed by atoms with E-state index in [4.69, 9.17) is 4.74 Å². The van der Waals surface area contributed by atoms with Gasteiger partial charge in [0.2, 0.25) is 0 Å². The number of carbonyl (C=O) groups excluding carboxylic acids is 1. The summed E-state index contributed by atoms with van der Waals surface area (Å²) >= 11 is 1.47. The Morgan fingerprint density at radius 3 is 2.74 bits per heavy atom. The summed E-state index contributed by atoms with van der Waals surface area (Å²) in [5, 5.41) is 14.4. The van der Waals surface area contributed by atoms with Gasteiger partial charge in [-0.25, -0.2) is 0 Å². The summed E-state index contributed by atoms with van der Waals surface area (Å²) in [6.07, 6.45) is 0. The summed E-state index contributed by atoms with van der Waals surface area (Å²) in [6, 6.07) is 10.0. The first kappa shape index (κ1) is 15.4. The van der Waals surface area contributed by atoms with Crippen molar-refractivity contribution in [1.29, 1.82) is 0 Å². The third kappa shape index (κ3) is 3.29. The first-order valence-electron chi connectivity index (χ1n) is 7.09. The lowest BCUT2D eigenvalue weighted by atomic mass is 10.1. The van der Waals surface area contributed by atoms with Crippen LogP contribution in [0.2, 0.25) is 0 Å². The van der Waals surface area contributed by atoms with E-state index in [2.05, 4.69) is 21.4 Å². The largest absolute Gasteiger partial charge is 0.468 e. The van der Waals surface area contributed by atoms with Crippen LogP contribution < -0.4 is 0 Å². The van der Waals surface area contributed by atoms with Gasteiger partial charge in [0.05, 0.1) is 18.5 Å². The maximum Gasteiger partial charge on any atom is 0.327 e. The maximum atomic E-state index is 11.5. The highest BCUT2D eigenvalue weighted by Crippen LogP contribution is 2.30. The minimum atomic E-state index is -0.349. The predicted octanol–water partition coefficient (Wildman–Crippen LogP) is 2.86. The summed E-state index contributed by atoms with van der Waals surface area (Å²) in [7, 11) is 1.36. The SMILES string of the molecule is COC(=O)Cn1nc(C)cc1-c1nnc(-c2cccc(C)c2)s1. The van der Waals surface area contributed by atoms with Gasteiger partial charge in [-0.05, 0) is 26.0 Å². The molecule has 0 unspecified atom stereocenters. The molecule has 0 aliphatic carbocycles. The van der Waals surface area contributed by atoms with Gasteiger partial charge in [0.15, 0.2) is 5.01 Å². The van der Waals surface area contributed by atoms with Crippen LogP contribution in [0.4, 0.5) is 0 Å². The van der Waals surface area contributed by atoms with Crippen LogP contribution in [0.25, 0.3) is 21.3 Å². The molecule has 0 saturated carbocycles. The number of hydrogen-bond donors (Lipinski definition) is 0. The minimum absolute atomic E-state index is 0.0546. The van der Waals surface area contributed by atoms with Crippen molar-refractivity contribution < 1.29 is 9.53 Å². The van der Waals surface area contributed by atoms with E-state index < -0.39 is 0 Å². The molecule has 6 nitrogen and oxygen atoms in total. The van der Waals surface area contributed by atoms with Gasteiger partial charge < -0.3 is 4.74 Å². The molecule has 3 rings (SSSR count). The number of hydrogen-bond acceptors (Lipinski definition) is 6. The normalized spacial score (nSPS) is 10.7. The zero-order valence-electron chi connectivity index (χ0n) is 13.1. The van der Waals surface area contributed by atoms with Crippen molar-refractivity contribution >= 4 is 17.3 Å². The Labute approximate surface area is 137 Å². The summed E-state index contributed by atoms with van der Waals surface area (Å²) < 4.78 is 6.31. The van der Waals surface area contributed by atoms with Crippen LogP contribution in [0.1, 0.15) is 11.3 Å². The fourth-order valence-corrected chi connectivity index (χ4v) is 3.11. The van der Waals surface area contributed by atoms with Crippen LogP contribution in [0.5, 0.6) is 0 Å². The zero-order chi connectivity index (χ0) is 16.4. The van der Waals surface area contributed by atoms with E-state index in [1.807, 2.05) is 38.1 Å². The highest BCUT2D eigenvalue weighted by Gasteiger charge is 2.16. The Balaban J connectivity index is 1.96. The fraction of sp³-hybridized carbons (Fsp3) is 0.250. The number of carbonyl (C=O) groups is 1. The van der Waals surface area contributed by atoms with Gasteiger partial charge in [0.25, 0.3) is 0 Å². The Hall–Kier alpha value is -2.54. The van der Waals surface area contributed by atoms with E-state index in [0.717, 1.165) is 27.0 Å². The van der Waals surface area contributed by atoms with Crippen LogP contribution in [0.3, 0.4) is 0 Å². The molecule has 0 amide bonds. The lowest BCUT2D eigenvalue weighted by Gasteiger charge is -2.03. The molecule has 118 valence electrons. The van der Waals surface area contributed by atoms with Crippen LogP contribution in [-0.2, 0) is 16.1 Å². The van der Waals surface area contributed by atoms with Crippen LogP contribution in [0, 0.1) is 13.8 Å². The molecule has 0 aliphatic heterocycles. The zero-order valence-corrected chi connectivity index (χ0v) is 13.9. The average molecular weight is 328 g/mol. The second-order valence-electron chi connectivity index (χ2n) is 5.19.